The second-order valence-electron chi connectivity index (χ2n) is 2.95. The lowest BCUT2D eigenvalue weighted by molar-refractivity contribution is 0.408. The molecule has 2 N–H and O–H groups in total. The normalized spacial score (nSPS) is 10.1. The molecular weight excluding hydrogens is 228 g/mol. The van der Waals surface area contributed by atoms with E-state index in [-0.39, 0.29) is 11.3 Å². The number of methoxy groups -OCH3 is 1. The Bertz CT molecular complexity index is 508. The van der Waals surface area contributed by atoms with Gasteiger partial charge in [0.15, 0.2) is 5.82 Å². The quantitative estimate of drug-likeness (QED) is 0.825. The van der Waals surface area contributed by atoms with E-state index in [0.29, 0.717) is 12.4 Å². The fraction of sp³-hybridized carbons (Fsp3) is 0.222. The number of aromatic nitrogens is 3. The fourth-order valence-electron chi connectivity index (χ4n) is 1.20. The van der Waals surface area contributed by atoms with Crippen molar-refractivity contribution in [2.45, 2.75) is 6.54 Å². The molecule has 0 radical (unpaired) electrons. The number of rotatable bonds is 4. The van der Waals surface area contributed by atoms with E-state index in [1.165, 1.54) is 24.8 Å². The van der Waals surface area contributed by atoms with Crippen LogP contribution in [0.2, 0.25) is 0 Å². The van der Waals surface area contributed by atoms with Crippen LogP contribution in [0.1, 0.15) is 5.69 Å². The summed E-state index contributed by atoms with van der Waals surface area (Å²) in [5.41, 5.74) is 2.34. The zero-order chi connectivity index (χ0) is 11.4. The minimum Gasteiger partial charge on any atom is -0.489 e. The third-order valence-electron chi connectivity index (χ3n) is 1.94. The van der Waals surface area contributed by atoms with Crippen molar-refractivity contribution in [1.29, 1.82) is 0 Å². The Morgan fingerprint density at radius 1 is 1.56 bits per heavy atom. The van der Waals surface area contributed by atoms with Gasteiger partial charge < -0.3 is 15.0 Å². The third kappa shape index (κ3) is 2.19. The fourth-order valence-corrected chi connectivity index (χ4v) is 1.76. The molecule has 0 aliphatic carbocycles. The van der Waals surface area contributed by atoms with Crippen molar-refractivity contribution in [3.8, 4) is 5.75 Å². The molecule has 7 heteroatoms. The molecule has 0 aliphatic rings. The predicted octanol–water partition coefficient (Wildman–Crippen LogP) is 0.847. The van der Waals surface area contributed by atoms with E-state index in [0.717, 1.165) is 5.69 Å². The Hall–Kier alpha value is -1.89. The van der Waals surface area contributed by atoms with Gasteiger partial charge in [0.25, 0.3) is 5.56 Å². The van der Waals surface area contributed by atoms with Crippen LogP contribution in [0, 0.1) is 0 Å². The van der Waals surface area contributed by atoms with Gasteiger partial charge in [0.1, 0.15) is 0 Å². The van der Waals surface area contributed by atoms with Crippen molar-refractivity contribution >= 4 is 17.2 Å². The smallest absolute Gasteiger partial charge is 0.295 e. The number of hydrogen-bond donors (Lipinski definition) is 2. The lowest BCUT2D eigenvalue weighted by Gasteiger charge is -2.06. The highest BCUT2D eigenvalue weighted by molar-refractivity contribution is 7.07. The first-order chi connectivity index (χ1) is 7.81. The second kappa shape index (κ2) is 4.75. The summed E-state index contributed by atoms with van der Waals surface area (Å²) >= 11 is 1.52. The Labute approximate surface area is 95.3 Å². The van der Waals surface area contributed by atoms with E-state index in [1.54, 1.807) is 5.51 Å². The number of hydrogen-bond acceptors (Lipinski definition) is 6. The van der Waals surface area contributed by atoms with Crippen molar-refractivity contribution in [2.75, 3.05) is 12.4 Å². The highest BCUT2D eigenvalue weighted by Crippen LogP contribution is 2.15. The molecule has 0 bridgehead atoms. The van der Waals surface area contributed by atoms with Crippen molar-refractivity contribution in [1.82, 2.24) is 15.0 Å². The van der Waals surface area contributed by atoms with Crippen LogP contribution >= 0.6 is 11.3 Å². The van der Waals surface area contributed by atoms with Crippen molar-refractivity contribution in [3.05, 3.63) is 33.3 Å². The summed E-state index contributed by atoms with van der Waals surface area (Å²) in [4.78, 5) is 21.9. The third-order valence-corrected chi connectivity index (χ3v) is 2.57. The summed E-state index contributed by atoms with van der Waals surface area (Å²) in [6, 6.07) is 0. The standard InChI is InChI=1S/C9H10N4O2S/c1-15-7-8(11-4-12-9(7)14)10-2-6-3-16-5-13-6/h3-5H,2H2,1H3,(H2,10,11,12,14). The highest BCUT2D eigenvalue weighted by Gasteiger charge is 2.08. The molecule has 0 unspecified atom stereocenters. The first-order valence-corrected chi connectivity index (χ1v) is 5.48. The zero-order valence-corrected chi connectivity index (χ0v) is 9.37. The summed E-state index contributed by atoms with van der Waals surface area (Å²) in [5, 5.41) is 4.92. The molecule has 0 aliphatic heterocycles. The molecule has 0 fully saturated rings. The van der Waals surface area contributed by atoms with Crippen LogP contribution in [0.5, 0.6) is 5.75 Å². The van der Waals surface area contributed by atoms with E-state index < -0.39 is 0 Å². The van der Waals surface area contributed by atoms with Gasteiger partial charge in [0.2, 0.25) is 5.75 Å². The maximum Gasteiger partial charge on any atom is 0.295 e. The molecule has 0 saturated carbocycles. The molecule has 2 aromatic heterocycles. The van der Waals surface area contributed by atoms with Crippen molar-refractivity contribution in [3.63, 3.8) is 0 Å². The molecule has 0 atom stereocenters. The first-order valence-electron chi connectivity index (χ1n) is 4.54. The van der Waals surface area contributed by atoms with Crippen LogP contribution in [0.3, 0.4) is 0 Å². The molecule has 0 saturated heterocycles. The lowest BCUT2D eigenvalue weighted by Crippen LogP contribution is -2.14. The number of aromatic amines is 1. The number of ether oxygens (including phenoxy) is 1. The van der Waals surface area contributed by atoms with Gasteiger partial charge in [-0.1, -0.05) is 0 Å². The number of H-pyrrole nitrogens is 1. The van der Waals surface area contributed by atoms with E-state index in [1.807, 2.05) is 5.38 Å². The van der Waals surface area contributed by atoms with E-state index in [4.69, 9.17) is 4.74 Å². The first kappa shape index (κ1) is 10.6. The van der Waals surface area contributed by atoms with Crippen LogP contribution in [0.4, 0.5) is 5.82 Å². The molecule has 2 heterocycles. The minimum absolute atomic E-state index is 0.178. The van der Waals surface area contributed by atoms with Gasteiger partial charge >= 0.3 is 0 Å². The van der Waals surface area contributed by atoms with Gasteiger partial charge in [-0.3, -0.25) is 4.79 Å². The zero-order valence-electron chi connectivity index (χ0n) is 8.56. The monoisotopic (exact) mass is 238 g/mol. The second-order valence-corrected chi connectivity index (χ2v) is 3.67. The van der Waals surface area contributed by atoms with Crippen LogP contribution in [-0.2, 0) is 6.54 Å². The summed E-state index contributed by atoms with van der Waals surface area (Å²) in [7, 11) is 1.43. The summed E-state index contributed by atoms with van der Waals surface area (Å²) in [6.07, 6.45) is 1.33. The van der Waals surface area contributed by atoms with Crippen LogP contribution in [0.15, 0.2) is 22.0 Å². The van der Waals surface area contributed by atoms with E-state index in [2.05, 4.69) is 20.3 Å². The Morgan fingerprint density at radius 3 is 3.12 bits per heavy atom. The van der Waals surface area contributed by atoms with Crippen LogP contribution in [-0.4, -0.2) is 22.1 Å². The van der Waals surface area contributed by atoms with Gasteiger partial charge in [0, 0.05) is 5.38 Å². The molecule has 0 amide bonds. The molecule has 84 valence electrons. The van der Waals surface area contributed by atoms with Gasteiger partial charge in [0.05, 0.1) is 31.2 Å². The van der Waals surface area contributed by atoms with Crippen LogP contribution < -0.4 is 15.6 Å². The SMILES string of the molecule is COc1c(NCc2cscn2)nc[nH]c1=O. The summed E-state index contributed by atoms with van der Waals surface area (Å²) in [5.74, 6) is 0.594. The lowest BCUT2D eigenvalue weighted by atomic mass is 10.4. The molecule has 6 nitrogen and oxygen atoms in total. The molecule has 16 heavy (non-hydrogen) atoms. The van der Waals surface area contributed by atoms with Gasteiger partial charge in [-0.25, -0.2) is 9.97 Å². The minimum atomic E-state index is -0.307. The van der Waals surface area contributed by atoms with E-state index in [9.17, 15) is 4.79 Å². The van der Waals surface area contributed by atoms with Crippen molar-refractivity contribution in [2.24, 2.45) is 0 Å². The maximum absolute atomic E-state index is 11.4. The van der Waals surface area contributed by atoms with Crippen LogP contribution in [0.25, 0.3) is 0 Å². The largest absolute Gasteiger partial charge is 0.489 e. The Morgan fingerprint density at radius 2 is 2.44 bits per heavy atom. The number of nitrogens with one attached hydrogen (secondary N) is 2. The molecular formula is C9H10N4O2S. The molecule has 0 spiro atoms. The highest BCUT2D eigenvalue weighted by atomic mass is 32.1. The van der Waals surface area contributed by atoms with Gasteiger partial charge in [-0.15, -0.1) is 11.3 Å². The summed E-state index contributed by atoms with van der Waals surface area (Å²) < 4.78 is 4.96. The summed E-state index contributed by atoms with van der Waals surface area (Å²) in [6.45, 7) is 0.510. The van der Waals surface area contributed by atoms with E-state index >= 15 is 0 Å². The number of anilines is 1. The van der Waals surface area contributed by atoms with Crippen molar-refractivity contribution < 1.29 is 4.74 Å². The van der Waals surface area contributed by atoms with Gasteiger partial charge in [-0.05, 0) is 0 Å². The topological polar surface area (TPSA) is 79.9 Å². The predicted molar refractivity (Wildman–Crippen MR) is 60.9 cm³/mol. The van der Waals surface area contributed by atoms with Gasteiger partial charge in [-0.2, -0.15) is 0 Å². The molecule has 2 aromatic rings. The Kier molecular flexibility index (Phi) is 3.16. The number of nitrogens with zero attached hydrogens (tertiary/aromatic N) is 2. The molecule has 0 aromatic carbocycles. The average Bonchev–Trinajstić information content (AvgIpc) is 2.79. The number of thiazole rings is 1. The Balaban J connectivity index is 2.15. The maximum atomic E-state index is 11.4. The molecule has 2 rings (SSSR count). The average molecular weight is 238 g/mol.